The molecule has 0 bridgehead atoms. The number of anilines is 1. The van der Waals surface area contributed by atoms with E-state index in [1.165, 1.54) is 12.8 Å². The maximum absolute atomic E-state index is 12.6. The molecule has 0 aromatic carbocycles. The lowest BCUT2D eigenvalue weighted by atomic mass is 9.99. The second kappa shape index (κ2) is 6.09. The zero-order valence-electron chi connectivity index (χ0n) is 13.4. The van der Waals surface area contributed by atoms with Crippen molar-refractivity contribution < 1.29 is 9.53 Å². The van der Waals surface area contributed by atoms with E-state index in [0.29, 0.717) is 37.8 Å². The number of amides is 1. The van der Waals surface area contributed by atoms with Gasteiger partial charge in [-0.15, -0.1) is 0 Å². The Morgan fingerprint density at radius 1 is 1.26 bits per heavy atom. The number of morpholine rings is 1. The van der Waals surface area contributed by atoms with Gasteiger partial charge in [0.15, 0.2) is 0 Å². The van der Waals surface area contributed by atoms with Crippen LogP contribution in [0, 0.1) is 11.8 Å². The van der Waals surface area contributed by atoms with Crippen molar-refractivity contribution in [1.29, 1.82) is 0 Å². The van der Waals surface area contributed by atoms with Gasteiger partial charge in [0.25, 0.3) is 5.91 Å². The number of carbonyl (C=O) groups is 1. The molecule has 0 spiro atoms. The van der Waals surface area contributed by atoms with Crippen LogP contribution in [0.1, 0.15) is 23.2 Å². The fourth-order valence-corrected chi connectivity index (χ4v) is 3.74. The van der Waals surface area contributed by atoms with Crippen LogP contribution in [-0.2, 0) is 4.74 Å². The van der Waals surface area contributed by atoms with Gasteiger partial charge in [0.1, 0.15) is 5.82 Å². The topological polar surface area (TPSA) is 71.7 Å². The van der Waals surface area contributed by atoms with Crippen LogP contribution in [0.2, 0.25) is 0 Å². The number of nitrogens with two attached hydrogens (primary N) is 1. The smallest absolute Gasteiger partial charge is 0.254 e. The Balaban J connectivity index is 1.48. The molecular formula is C17H24N4O2. The highest BCUT2D eigenvalue weighted by atomic mass is 16.5. The van der Waals surface area contributed by atoms with Gasteiger partial charge in [0.2, 0.25) is 0 Å². The number of hydrogen-bond donors (Lipinski definition) is 1. The van der Waals surface area contributed by atoms with Crippen LogP contribution in [0.3, 0.4) is 0 Å². The summed E-state index contributed by atoms with van der Waals surface area (Å²) in [4.78, 5) is 21.2. The minimum atomic E-state index is 0.0687. The Bertz CT molecular complexity index is 584. The van der Waals surface area contributed by atoms with Crippen molar-refractivity contribution in [2.75, 3.05) is 44.3 Å². The van der Waals surface area contributed by atoms with Crippen molar-refractivity contribution >= 4 is 11.7 Å². The van der Waals surface area contributed by atoms with Gasteiger partial charge in [-0.1, -0.05) is 0 Å². The molecule has 2 atom stereocenters. The fourth-order valence-electron chi connectivity index (χ4n) is 3.74. The maximum Gasteiger partial charge on any atom is 0.254 e. The van der Waals surface area contributed by atoms with Gasteiger partial charge >= 0.3 is 0 Å². The van der Waals surface area contributed by atoms with Crippen LogP contribution in [-0.4, -0.2) is 61.2 Å². The lowest BCUT2D eigenvalue weighted by Gasteiger charge is -2.27. The molecule has 124 valence electrons. The van der Waals surface area contributed by atoms with E-state index in [1.54, 1.807) is 12.3 Å². The molecule has 2 saturated heterocycles. The Morgan fingerprint density at radius 3 is 2.78 bits per heavy atom. The van der Waals surface area contributed by atoms with E-state index >= 15 is 0 Å². The Morgan fingerprint density at radius 2 is 2.04 bits per heavy atom. The molecule has 1 saturated carbocycles. The van der Waals surface area contributed by atoms with Gasteiger partial charge in [-0.3, -0.25) is 4.79 Å². The third kappa shape index (κ3) is 3.05. The first-order valence-corrected chi connectivity index (χ1v) is 8.56. The summed E-state index contributed by atoms with van der Waals surface area (Å²) in [6, 6.07) is 3.94. The minimum Gasteiger partial charge on any atom is -0.378 e. The van der Waals surface area contributed by atoms with Crippen molar-refractivity contribution in [3.8, 4) is 0 Å². The molecule has 0 radical (unpaired) electrons. The Kier molecular flexibility index (Phi) is 3.95. The number of ether oxygens (including phenoxy) is 1. The zero-order valence-corrected chi connectivity index (χ0v) is 13.4. The summed E-state index contributed by atoms with van der Waals surface area (Å²) in [6.07, 6.45) is 4.36. The van der Waals surface area contributed by atoms with E-state index < -0.39 is 0 Å². The highest BCUT2D eigenvalue weighted by Gasteiger charge is 2.41. The molecular weight excluding hydrogens is 292 g/mol. The quantitative estimate of drug-likeness (QED) is 0.890. The van der Waals surface area contributed by atoms with Crippen molar-refractivity contribution in [3.05, 3.63) is 23.9 Å². The number of carbonyl (C=O) groups excluding carboxylic acids is 1. The number of aromatic nitrogens is 1. The van der Waals surface area contributed by atoms with E-state index in [9.17, 15) is 4.79 Å². The average molecular weight is 316 g/mol. The molecule has 1 aromatic rings. The van der Waals surface area contributed by atoms with Gasteiger partial charge in [-0.2, -0.15) is 0 Å². The molecule has 0 unspecified atom stereocenters. The highest BCUT2D eigenvalue weighted by Crippen LogP contribution is 2.41. The number of rotatable bonds is 3. The number of pyridine rings is 1. The third-order valence-electron chi connectivity index (χ3n) is 5.25. The first-order chi connectivity index (χ1) is 11.2. The summed E-state index contributed by atoms with van der Waals surface area (Å²) in [5.41, 5.74) is 7.01. The van der Waals surface area contributed by atoms with Crippen molar-refractivity contribution in [2.45, 2.75) is 18.9 Å². The van der Waals surface area contributed by atoms with E-state index in [1.807, 2.05) is 11.0 Å². The predicted octanol–water partition coefficient (Wildman–Crippen LogP) is 0.728. The van der Waals surface area contributed by atoms with Gasteiger partial charge in [0, 0.05) is 44.0 Å². The first-order valence-electron chi connectivity index (χ1n) is 8.56. The van der Waals surface area contributed by atoms with Crippen LogP contribution < -0.4 is 10.6 Å². The molecule has 2 N–H and O–H groups in total. The second-order valence-electron chi connectivity index (χ2n) is 6.88. The summed E-state index contributed by atoms with van der Waals surface area (Å²) in [5.74, 6) is 2.32. The van der Waals surface area contributed by atoms with E-state index in [4.69, 9.17) is 10.5 Å². The Hall–Kier alpha value is -1.66. The van der Waals surface area contributed by atoms with Gasteiger partial charge in [-0.05, 0) is 36.8 Å². The van der Waals surface area contributed by atoms with Gasteiger partial charge < -0.3 is 20.3 Å². The molecule has 1 amide bonds. The number of nitrogens with zero attached hydrogens (tertiary/aromatic N) is 3. The average Bonchev–Trinajstić information content (AvgIpc) is 3.37. The van der Waals surface area contributed by atoms with E-state index in [-0.39, 0.29) is 11.9 Å². The fraction of sp³-hybridized carbons (Fsp3) is 0.647. The molecule has 4 rings (SSSR count). The molecule has 1 aliphatic carbocycles. The predicted molar refractivity (Wildman–Crippen MR) is 87.4 cm³/mol. The number of hydrogen-bond acceptors (Lipinski definition) is 5. The summed E-state index contributed by atoms with van der Waals surface area (Å²) in [5, 5.41) is 0. The van der Waals surface area contributed by atoms with Crippen LogP contribution in [0.4, 0.5) is 5.82 Å². The lowest BCUT2D eigenvalue weighted by Crippen LogP contribution is -2.40. The minimum absolute atomic E-state index is 0.0687. The third-order valence-corrected chi connectivity index (χ3v) is 5.25. The van der Waals surface area contributed by atoms with Gasteiger partial charge in [-0.25, -0.2) is 4.98 Å². The van der Waals surface area contributed by atoms with Crippen LogP contribution in [0.5, 0.6) is 0 Å². The standard InChI is InChI=1S/C17H24N4O2/c18-15-11-21(10-14(15)12-1-2-12)16-9-13(3-4-19-16)17(22)20-5-7-23-8-6-20/h3-4,9,12,14-15H,1-2,5-8,10-11,18H2/t14-,15+/m0/s1. The summed E-state index contributed by atoms with van der Waals surface area (Å²) in [7, 11) is 0. The molecule has 3 heterocycles. The first kappa shape index (κ1) is 14.9. The van der Waals surface area contributed by atoms with E-state index in [2.05, 4.69) is 9.88 Å². The van der Waals surface area contributed by atoms with Crippen LogP contribution >= 0.6 is 0 Å². The maximum atomic E-state index is 12.6. The second-order valence-corrected chi connectivity index (χ2v) is 6.88. The molecule has 3 fully saturated rings. The molecule has 6 nitrogen and oxygen atoms in total. The van der Waals surface area contributed by atoms with Crippen molar-refractivity contribution in [3.63, 3.8) is 0 Å². The molecule has 3 aliphatic rings. The molecule has 23 heavy (non-hydrogen) atoms. The van der Waals surface area contributed by atoms with E-state index in [0.717, 1.165) is 24.8 Å². The summed E-state index contributed by atoms with van der Waals surface area (Å²) >= 11 is 0. The van der Waals surface area contributed by atoms with Crippen LogP contribution in [0.15, 0.2) is 18.3 Å². The molecule has 2 aliphatic heterocycles. The SMILES string of the molecule is N[C@@H]1CN(c2cc(C(=O)N3CCOCC3)ccn2)C[C@H]1C1CC1. The molecule has 6 heteroatoms. The Labute approximate surface area is 136 Å². The highest BCUT2D eigenvalue weighted by molar-refractivity contribution is 5.95. The van der Waals surface area contributed by atoms with Crippen molar-refractivity contribution in [2.24, 2.45) is 17.6 Å². The summed E-state index contributed by atoms with van der Waals surface area (Å²) < 4.78 is 5.31. The lowest BCUT2D eigenvalue weighted by molar-refractivity contribution is 0.0303. The van der Waals surface area contributed by atoms with Crippen LogP contribution in [0.25, 0.3) is 0 Å². The van der Waals surface area contributed by atoms with Crippen molar-refractivity contribution in [1.82, 2.24) is 9.88 Å². The summed E-state index contributed by atoms with van der Waals surface area (Å²) in [6.45, 7) is 4.36. The normalized spacial score (nSPS) is 28.2. The largest absolute Gasteiger partial charge is 0.378 e. The monoisotopic (exact) mass is 316 g/mol. The zero-order chi connectivity index (χ0) is 15.8. The van der Waals surface area contributed by atoms with Gasteiger partial charge in [0.05, 0.1) is 13.2 Å². The molecule has 1 aromatic heterocycles.